The summed E-state index contributed by atoms with van der Waals surface area (Å²) in [4.78, 5) is 12.2. The van der Waals surface area contributed by atoms with Gasteiger partial charge < -0.3 is 19.3 Å². The van der Waals surface area contributed by atoms with E-state index in [-0.39, 0.29) is 18.5 Å². The van der Waals surface area contributed by atoms with Gasteiger partial charge in [0.15, 0.2) is 5.78 Å². The van der Waals surface area contributed by atoms with E-state index in [9.17, 15) is 9.90 Å². The molecule has 0 aliphatic carbocycles. The molecule has 5 heteroatoms. The van der Waals surface area contributed by atoms with Gasteiger partial charge >= 0.3 is 0 Å². The van der Waals surface area contributed by atoms with Gasteiger partial charge in [0.2, 0.25) is 0 Å². The van der Waals surface area contributed by atoms with Gasteiger partial charge in [-0.1, -0.05) is 0 Å². The van der Waals surface area contributed by atoms with Gasteiger partial charge in [0.05, 0.1) is 14.2 Å². The maximum Gasteiger partial charge on any atom is 0.174 e. The average Bonchev–Trinajstić information content (AvgIpc) is 2.39. The summed E-state index contributed by atoms with van der Waals surface area (Å²) in [7, 11) is 3.04. The van der Waals surface area contributed by atoms with Crippen LogP contribution in [0.1, 0.15) is 29.3 Å². The van der Waals surface area contributed by atoms with E-state index < -0.39 is 0 Å². The SMILES string of the molecule is COc1cc(OC)c2c(c1CCO)O[C@H](C)CC2=O. The van der Waals surface area contributed by atoms with Gasteiger partial charge in [0.1, 0.15) is 28.9 Å². The lowest BCUT2D eigenvalue weighted by Gasteiger charge is -2.27. The first-order valence-electron chi connectivity index (χ1n) is 6.20. The molecule has 0 fully saturated rings. The molecule has 1 heterocycles. The fourth-order valence-corrected chi connectivity index (χ4v) is 2.34. The smallest absolute Gasteiger partial charge is 0.174 e. The van der Waals surface area contributed by atoms with E-state index >= 15 is 0 Å². The summed E-state index contributed by atoms with van der Waals surface area (Å²) in [5.74, 6) is 1.48. The molecule has 0 saturated carbocycles. The van der Waals surface area contributed by atoms with Crippen LogP contribution in [0.4, 0.5) is 0 Å². The summed E-state index contributed by atoms with van der Waals surface area (Å²) in [6.45, 7) is 1.80. The standard InChI is InChI=1S/C14H18O5/c1-8-6-10(16)13-12(18-3)7-11(17-2)9(4-5-15)14(13)19-8/h7-8,15H,4-6H2,1-3H3/t8-/m1/s1. The molecule has 1 atom stereocenters. The first kappa shape index (κ1) is 13.7. The fourth-order valence-electron chi connectivity index (χ4n) is 2.34. The monoisotopic (exact) mass is 266 g/mol. The molecule has 104 valence electrons. The van der Waals surface area contributed by atoms with E-state index in [1.54, 1.807) is 6.07 Å². The summed E-state index contributed by atoms with van der Waals surface area (Å²) >= 11 is 0. The van der Waals surface area contributed by atoms with Crippen molar-refractivity contribution < 1.29 is 24.1 Å². The van der Waals surface area contributed by atoms with E-state index in [1.807, 2.05) is 6.92 Å². The normalized spacial score (nSPS) is 17.7. The number of Topliss-reactive ketones (excluding diaryl/α,β-unsaturated/α-hetero) is 1. The van der Waals surface area contributed by atoms with Crippen molar-refractivity contribution in [2.45, 2.75) is 25.9 Å². The highest BCUT2D eigenvalue weighted by atomic mass is 16.5. The number of carbonyl (C=O) groups excluding carboxylic acids is 1. The Balaban J connectivity index is 2.67. The number of methoxy groups -OCH3 is 2. The van der Waals surface area contributed by atoms with Crippen LogP contribution in [-0.4, -0.2) is 37.8 Å². The van der Waals surface area contributed by atoms with Gasteiger partial charge in [-0.2, -0.15) is 0 Å². The molecule has 0 radical (unpaired) electrons. The third-order valence-electron chi connectivity index (χ3n) is 3.18. The minimum absolute atomic E-state index is 0.00700. The highest BCUT2D eigenvalue weighted by Gasteiger charge is 2.31. The highest BCUT2D eigenvalue weighted by molar-refractivity contribution is 6.03. The van der Waals surface area contributed by atoms with Gasteiger partial charge in [-0.15, -0.1) is 0 Å². The highest BCUT2D eigenvalue weighted by Crippen LogP contribution is 2.43. The second kappa shape index (κ2) is 5.48. The number of rotatable bonds is 4. The van der Waals surface area contributed by atoms with Crippen molar-refractivity contribution in [1.82, 2.24) is 0 Å². The lowest BCUT2D eigenvalue weighted by Crippen LogP contribution is -2.26. The Hall–Kier alpha value is -1.75. The third-order valence-corrected chi connectivity index (χ3v) is 3.18. The zero-order chi connectivity index (χ0) is 14.0. The summed E-state index contributed by atoms with van der Waals surface area (Å²) in [6.07, 6.45) is 0.512. The van der Waals surface area contributed by atoms with Crippen LogP contribution in [0, 0.1) is 0 Å². The first-order chi connectivity index (χ1) is 9.12. The Morgan fingerprint density at radius 2 is 2.05 bits per heavy atom. The molecule has 1 aromatic carbocycles. The quantitative estimate of drug-likeness (QED) is 0.896. The number of benzene rings is 1. The lowest BCUT2D eigenvalue weighted by atomic mass is 9.95. The molecule has 0 amide bonds. The van der Waals surface area contributed by atoms with Crippen LogP contribution in [0.15, 0.2) is 6.07 Å². The predicted octanol–water partition coefficient (Wildman–Crippen LogP) is 1.59. The van der Waals surface area contributed by atoms with Crippen LogP contribution in [-0.2, 0) is 6.42 Å². The van der Waals surface area contributed by atoms with E-state index in [2.05, 4.69) is 0 Å². The molecule has 1 N–H and O–H groups in total. The van der Waals surface area contributed by atoms with E-state index in [0.717, 1.165) is 0 Å². The zero-order valence-electron chi connectivity index (χ0n) is 11.4. The van der Waals surface area contributed by atoms with Gasteiger partial charge in [-0.05, 0) is 6.92 Å². The first-order valence-corrected chi connectivity index (χ1v) is 6.20. The van der Waals surface area contributed by atoms with Crippen LogP contribution in [0.25, 0.3) is 0 Å². The molecular weight excluding hydrogens is 248 g/mol. The van der Waals surface area contributed by atoms with Crippen molar-refractivity contribution in [3.63, 3.8) is 0 Å². The van der Waals surface area contributed by atoms with Crippen LogP contribution in [0.2, 0.25) is 0 Å². The van der Waals surface area contributed by atoms with Crippen molar-refractivity contribution in [3.05, 3.63) is 17.2 Å². The Morgan fingerprint density at radius 3 is 2.63 bits per heavy atom. The van der Waals surface area contributed by atoms with Gasteiger partial charge in [-0.3, -0.25) is 4.79 Å². The number of aliphatic hydroxyl groups is 1. The molecule has 1 aliphatic heterocycles. The molecule has 2 rings (SSSR count). The number of carbonyl (C=O) groups is 1. The molecular formula is C14H18O5. The molecule has 0 unspecified atom stereocenters. The maximum absolute atomic E-state index is 12.2. The van der Waals surface area contributed by atoms with Crippen molar-refractivity contribution >= 4 is 5.78 Å². The third kappa shape index (κ3) is 2.38. The number of hydrogen-bond donors (Lipinski definition) is 1. The molecule has 1 aliphatic rings. The summed E-state index contributed by atoms with van der Waals surface area (Å²) in [5, 5.41) is 9.17. The van der Waals surface area contributed by atoms with Crippen LogP contribution >= 0.6 is 0 Å². The van der Waals surface area contributed by atoms with E-state index in [0.29, 0.717) is 41.2 Å². The van der Waals surface area contributed by atoms with Crippen LogP contribution in [0.5, 0.6) is 17.2 Å². The molecule has 5 nitrogen and oxygen atoms in total. The molecule has 1 aromatic rings. The van der Waals surface area contributed by atoms with Gasteiger partial charge in [0.25, 0.3) is 0 Å². The second-order valence-electron chi connectivity index (χ2n) is 4.49. The minimum atomic E-state index is -0.186. The summed E-state index contributed by atoms with van der Waals surface area (Å²) in [5.41, 5.74) is 1.16. The van der Waals surface area contributed by atoms with Gasteiger partial charge in [-0.25, -0.2) is 0 Å². The maximum atomic E-state index is 12.2. The molecule has 19 heavy (non-hydrogen) atoms. The molecule has 0 saturated heterocycles. The van der Waals surface area contributed by atoms with Crippen LogP contribution < -0.4 is 14.2 Å². The number of fused-ring (bicyclic) bond motifs is 1. The topological polar surface area (TPSA) is 65.0 Å². The Morgan fingerprint density at radius 1 is 1.37 bits per heavy atom. The Labute approximate surface area is 112 Å². The average molecular weight is 266 g/mol. The molecule has 0 spiro atoms. The Bertz CT molecular complexity index is 495. The number of aliphatic hydroxyl groups excluding tert-OH is 1. The fraction of sp³-hybridized carbons (Fsp3) is 0.500. The second-order valence-corrected chi connectivity index (χ2v) is 4.49. The Kier molecular flexibility index (Phi) is 3.95. The number of hydrogen-bond acceptors (Lipinski definition) is 5. The number of ether oxygens (including phenoxy) is 3. The zero-order valence-corrected chi connectivity index (χ0v) is 11.4. The summed E-state index contributed by atoms with van der Waals surface area (Å²) < 4.78 is 16.3. The lowest BCUT2D eigenvalue weighted by molar-refractivity contribution is 0.0862. The largest absolute Gasteiger partial charge is 0.496 e. The molecule has 0 aromatic heterocycles. The van der Waals surface area contributed by atoms with Gasteiger partial charge in [0, 0.05) is 31.1 Å². The van der Waals surface area contributed by atoms with Crippen molar-refractivity contribution in [2.75, 3.05) is 20.8 Å². The minimum Gasteiger partial charge on any atom is -0.496 e. The number of ketones is 1. The van der Waals surface area contributed by atoms with Crippen LogP contribution in [0.3, 0.4) is 0 Å². The summed E-state index contributed by atoms with van der Waals surface area (Å²) in [6, 6.07) is 1.67. The van der Waals surface area contributed by atoms with Crippen molar-refractivity contribution in [3.8, 4) is 17.2 Å². The molecule has 0 bridgehead atoms. The van der Waals surface area contributed by atoms with Crippen molar-refractivity contribution in [1.29, 1.82) is 0 Å². The van der Waals surface area contributed by atoms with E-state index in [4.69, 9.17) is 14.2 Å². The van der Waals surface area contributed by atoms with Crippen molar-refractivity contribution in [2.24, 2.45) is 0 Å². The predicted molar refractivity (Wildman–Crippen MR) is 69.4 cm³/mol. The van der Waals surface area contributed by atoms with E-state index in [1.165, 1.54) is 14.2 Å².